The maximum atomic E-state index is 10.1. The highest BCUT2D eigenvalue weighted by molar-refractivity contribution is 5.46. The summed E-state index contributed by atoms with van der Waals surface area (Å²) < 4.78 is 0. The Labute approximate surface area is 83.1 Å². The number of carbonyl (C=O) groups excluding carboxylic acids is 1. The highest BCUT2D eigenvalue weighted by atomic mass is 16.1. The molecule has 0 fully saturated rings. The zero-order valence-corrected chi connectivity index (χ0v) is 10.1. The van der Waals surface area contributed by atoms with E-state index in [9.17, 15) is 4.79 Å². The molecule has 0 aliphatic heterocycles. The van der Waals surface area contributed by atoms with E-state index in [-0.39, 0.29) is 11.5 Å². The van der Waals surface area contributed by atoms with Crippen molar-refractivity contribution < 1.29 is 4.79 Å². The molecule has 2 nitrogen and oxygen atoms in total. The van der Waals surface area contributed by atoms with Crippen molar-refractivity contribution in [2.24, 2.45) is 11.3 Å². The summed E-state index contributed by atoms with van der Waals surface area (Å²) in [5.74, 6) is 0.493. The molecular formula is C11H25NO. The second-order valence-corrected chi connectivity index (χ2v) is 4.23. The van der Waals surface area contributed by atoms with Crippen molar-refractivity contribution in [3.8, 4) is 0 Å². The van der Waals surface area contributed by atoms with Crippen molar-refractivity contribution in [2.45, 2.75) is 54.5 Å². The Kier molecular flexibility index (Phi) is 7.98. The molecule has 0 aromatic carbocycles. The van der Waals surface area contributed by atoms with E-state index in [1.165, 1.54) is 0 Å². The predicted molar refractivity (Wildman–Crippen MR) is 58.6 cm³/mol. The minimum absolute atomic E-state index is 0.257. The van der Waals surface area contributed by atoms with Crippen molar-refractivity contribution >= 4 is 6.41 Å². The number of nitrogens with one attached hydrogen (secondary N) is 1. The average Bonchev–Trinajstić information content (AvgIpc) is 2.05. The third-order valence-corrected chi connectivity index (χ3v) is 2.45. The summed E-state index contributed by atoms with van der Waals surface area (Å²) in [6.07, 6.45) is 0.771. The fraction of sp³-hybridized carbons (Fsp3) is 0.909. The van der Waals surface area contributed by atoms with Gasteiger partial charge in [0.15, 0.2) is 0 Å². The van der Waals surface area contributed by atoms with E-state index in [0.29, 0.717) is 5.92 Å². The molecule has 0 rings (SSSR count). The summed E-state index contributed by atoms with van der Waals surface area (Å²) >= 11 is 0. The van der Waals surface area contributed by atoms with Crippen LogP contribution < -0.4 is 5.32 Å². The fourth-order valence-electron chi connectivity index (χ4n) is 1.00. The van der Waals surface area contributed by atoms with Crippen LogP contribution in [0.1, 0.15) is 48.5 Å². The highest BCUT2D eigenvalue weighted by Crippen LogP contribution is 2.27. The van der Waals surface area contributed by atoms with Crippen LogP contribution in [-0.4, -0.2) is 12.5 Å². The van der Waals surface area contributed by atoms with Gasteiger partial charge in [-0.3, -0.25) is 4.79 Å². The van der Waals surface area contributed by atoms with Crippen LogP contribution in [-0.2, 0) is 4.79 Å². The third-order valence-electron chi connectivity index (χ3n) is 2.45. The molecule has 0 saturated carbocycles. The summed E-state index contributed by atoms with van der Waals surface area (Å²) in [4.78, 5) is 10.1. The predicted octanol–water partition coefficient (Wildman–Crippen LogP) is 2.83. The first-order chi connectivity index (χ1) is 5.89. The molecule has 0 spiro atoms. The van der Waals surface area contributed by atoms with Crippen LogP contribution in [0.5, 0.6) is 0 Å². The molecule has 0 radical (unpaired) electrons. The zero-order chi connectivity index (χ0) is 11.1. The van der Waals surface area contributed by atoms with E-state index in [4.69, 9.17) is 0 Å². The molecule has 13 heavy (non-hydrogen) atoms. The quantitative estimate of drug-likeness (QED) is 0.676. The van der Waals surface area contributed by atoms with Gasteiger partial charge in [-0.15, -0.1) is 0 Å². The minimum atomic E-state index is 0.257. The molecule has 0 aromatic rings. The molecular weight excluding hydrogens is 162 g/mol. The molecule has 0 aliphatic rings. The molecule has 0 bridgehead atoms. The van der Waals surface area contributed by atoms with Crippen LogP contribution in [0.3, 0.4) is 0 Å². The molecule has 1 amide bonds. The van der Waals surface area contributed by atoms with Crippen LogP contribution in [0.2, 0.25) is 0 Å². The molecule has 1 N–H and O–H groups in total. The van der Waals surface area contributed by atoms with E-state index in [0.717, 1.165) is 6.41 Å². The van der Waals surface area contributed by atoms with Crippen LogP contribution in [0.25, 0.3) is 0 Å². The molecule has 80 valence electrons. The van der Waals surface area contributed by atoms with Crippen LogP contribution >= 0.6 is 0 Å². The molecule has 2 heteroatoms. The largest absolute Gasteiger partial charge is 0.356 e. The fourth-order valence-corrected chi connectivity index (χ4v) is 1.00. The van der Waals surface area contributed by atoms with Crippen LogP contribution in [0, 0.1) is 11.3 Å². The van der Waals surface area contributed by atoms with E-state index in [1.807, 2.05) is 20.8 Å². The molecule has 0 saturated heterocycles. The van der Waals surface area contributed by atoms with Gasteiger partial charge >= 0.3 is 0 Å². The second-order valence-electron chi connectivity index (χ2n) is 4.23. The summed E-state index contributed by atoms with van der Waals surface area (Å²) in [6, 6.07) is 0.257. The summed E-state index contributed by atoms with van der Waals surface area (Å²) in [5.41, 5.74) is 0.259. The van der Waals surface area contributed by atoms with Gasteiger partial charge in [-0.05, 0) is 18.3 Å². The molecule has 0 aliphatic carbocycles. The van der Waals surface area contributed by atoms with Crippen molar-refractivity contribution in [3.63, 3.8) is 0 Å². The van der Waals surface area contributed by atoms with E-state index < -0.39 is 0 Å². The van der Waals surface area contributed by atoms with Gasteiger partial charge in [0.1, 0.15) is 0 Å². The van der Waals surface area contributed by atoms with E-state index in [1.54, 1.807) is 0 Å². The number of amides is 1. The van der Waals surface area contributed by atoms with Crippen molar-refractivity contribution in [2.75, 3.05) is 0 Å². The topological polar surface area (TPSA) is 29.1 Å². The average molecular weight is 187 g/mol. The third kappa shape index (κ3) is 6.62. The van der Waals surface area contributed by atoms with E-state index in [2.05, 4.69) is 33.0 Å². The molecule has 2 atom stereocenters. The number of hydrogen-bond acceptors (Lipinski definition) is 1. The van der Waals surface area contributed by atoms with Crippen molar-refractivity contribution in [1.29, 1.82) is 0 Å². The number of hydrogen-bond donors (Lipinski definition) is 1. The smallest absolute Gasteiger partial charge is 0.207 e. The summed E-state index contributed by atoms with van der Waals surface area (Å²) in [5, 5.41) is 2.77. The Morgan fingerprint density at radius 3 is 1.77 bits per heavy atom. The first-order valence-electron chi connectivity index (χ1n) is 5.09. The standard InChI is InChI=1S/C9H19NO.C2H6/c1-7(9(3,4)5)8(2)10-6-11;1-2/h6-8H,1-5H3,(H,10,11);1-2H3. The molecule has 0 heterocycles. The monoisotopic (exact) mass is 187 g/mol. The second kappa shape index (κ2) is 6.93. The Morgan fingerprint density at radius 2 is 1.54 bits per heavy atom. The first kappa shape index (κ1) is 15.0. The van der Waals surface area contributed by atoms with Crippen LogP contribution in [0.15, 0.2) is 0 Å². The van der Waals surface area contributed by atoms with Gasteiger partial charge in [-0.1, -0.05) is 41.5 Å². The van der Waals surface area contributed by atoms with Crippen molar-refractivity contribution in [3.05, 3.63) is 0 Å². The molecule has 0 aromatic heterocycles. The van der Waals surface area contributed by atoms with E-state index >= 15 is 0 Å². The Hall–Kier alpha value is -0.530. The van der Waals surface area contributed by atoms with Crippen molar-refractivity contribution in [1.82, 2.24) is 5.32 Å². The number of rotatable bonds is 3. The van der Waals surface area contributed by atoms with Gasteiger partial charge in [-0.2, -0.15) is 0 Å². The first-order valence-corrected chi connectivity index (χ1v) is 5.09. The number of carbonyl (C=O) groups is 1. The maximum absolute atomic E-state index is 10.1. The normalized spacial score (nSPS) is 15.0. The van der Waals surface area contributed by atoms with Gasteiger partial charge < -0.3 is 5.32 Å². The SMILES string of the molecule is CC.CC(NC=O)C(C)C(C)(C)C. The van der Waals surface area contributed by atoms with Gasteiger partial charge in [0.25, 0.3) is 0 Å². The van der Waals surface area contributed by atoms with Crippen LogP contribution in [0.4, 0.5) is 0 Å². The minimum Gasteiger partial charge on any atom is -0.356 e. The van der Waals surface area contributed by atoms with Gasteiger partial charge in [0, 0.05) is 6.04 Å². The molecule has 2 unspecified atom stereocenters. The Bertz CT molecular complexity index is 127. The Morgan fingerprint density at radius 1 is 1.15 bits per heavy atom. The summed E-state index contributed by atoms with van der Waals surface area (Å²) in [6.45, 7) is 14.7. The van der Waals surface area contributed by atoms with Gasteiger partial charge in [0.05, 0.1) is 0 Å². The lowest BCUT2D eigenvalue weighted by Gasteiger charge is -2.31. The summed E-state index contributed by atoms with van der Waals surface area (Å²) in [7, 11) is 0. The lowest BCUT2D eigenvalue weighted by Crippen LogP contribution is -2.37. The Balaban J connectivity index is 0. The highest BCUT2D eigenvalue weighted by Gasteiger charge is 2.24. The van der Waals surface area contributed by atoms with Gasteiger partial charge in [0.2, 0.25) is 6.41 Å². The lowest BCUT2D eigenvalue weighted by atomic mass is 9.78. The maximum Gasteiger partial charge on any atom is 0.207 e. The lowest BCUT2D eigenvalue weighted by molar-refractivity contribution is -0.110. The van der Waals surface area contributed by atoms with Gasteiger partial charge in [-0.25, -0.2) is 0 Å². The zero-order valence-electron chi connectivity index (χ0n) is 10.1.